The van der Waals surface area contributed by atoms with Gasteiger partial charge in [-0.3, -0.25) is 4.68 Å². The van der Waals surface area contributed by atoms with Crippen LogP contribution in [-0.2, 0) is 19.6 Å². The van der Waals surface area contributed by atoms with Crippen molar-refractivity contribution in [1.29, 1.82) is 0 Å². The lowest BCUT2D eigenvalue weighted by atomic mass is 10.4. The van der Waals surface area contributed by atoms with Gasteiger partial charge < -0.3 is 5.32 Å². The average molecular weight is 234 g/mol. The second-order valence-corrected chi connectivity index (χ2v) is 3.93. The van der Waals surface area contributed by atoms with Crippen molar-refractivity contribution in [3.63, 3.8) is 0 Å². The molecule has 0 unspecified atom stereocenters. The van der Waals surface area contributed by atoms with Crippen molar-refractivity contribution in [1.82, 2.24) is 29.9 Å². The van der Waals surface area contributed by atoms with Crippen LogP contribution in [0.15, 0.2) is 18.6 Å². The molecule has 1 N–H and O–H groups in total. The maximum Gasteiger partial charge on any atom is 0.148 e. The van der Waals surface area contributed by atoms with Crippen LogP contribution in [0.5, 0.6) is 0 Å². The van der Waals surface area contributed by atoms with Gasteiger partial charge in [0.2, 0.25) is 0 Å². The monoisotopic (exact) mass is 234 g/mol. The first-order valence-electron chi connectivity index (χ1n) is 5.87. The zero-order chi connectivity index (χ0) is 12.1. The number of hydrogen-bond donors (Lipinski definition) is 1. The van der Waals surface area contributed by atoms with Gasteiger partial charge in [0.05, 0.1) is 5.69 Å². The minimum atomic E-state index is 0.670. The summed E-state index contributed by atoms with van der Waals surface area (Å²) in [7, 11) is 1.91. The van der Waals surface area contributed by atoms with Crippen LogP contribution in [0.25, 0.3) is 0 Å². The van der Waals surface area contributed by atoms with E-state index in [1.165, 1.54) is 0 Å². The van der Waals surface area contributed by atoms with Crippen LogP contribution >= 0.6 is 0 Å². The van der Waals surface area contributed by atoms with E-state index in [-0.39, 0.29) is 0 Å². The molecule has 17 heavy (non-hydrogen) atoms. The number of nitrogens with one attached hydrogen (secondary N) is 1. The minimum absolute atomic E-state index is 0.670. The van der Waals surface area contributed by atoms with Gasteiger partial charge in [0.25, 0.3) is 0 Å². The number of rotatable bonds is 6. The van der Waals surface area contributed by atoms with Crippen LogP contribution in [0.4, 0.5) is 0 Å². The van der Waals surface area contributed by atoms with Crippen molar-refractivity contribution in [2.75, 3.05) is 7.05 Å². The first kappa shape index (κ1) is 11.8. The van der Waals surface area contributed by atoms with Crippen LogP contribution in [-0.4, -0.2) is 31.6 Å². The summed E-state index contributed by atoms with van der Waals surface area (Å²) in [5.74, 6) is 0.950. The van der Waals surface area contributed by atoms with Gasteiger partial charge in [-0.05, 0) is 19.5 Å². The predicted molar refractivity (Wildman–Crippen MR) is 64.4 cm³/mol. The van der Waals surface area contributed by atoms with Gasteiger partial charge in [0.1, 0.15) is 18.7 Å². The Morgan fingerprint density at radius 1 is 1.41 bits per heavy atom. The van der Waals surface area contributed by atoms with Gasteiger partial charge in [-0.1, -0.05) is 6.92 Å². The van der Waals surface area contributed by atoms with E-state index in [1.54, 1.807) is 6.33 Å². The predicted octanol–water partition coefficient (Wildman–Crippen LogP) is 0.652. The molecule has 0 radical (unpaired) electrons. The second kappa shape index (κ2) is 5.58. The molecule has 0 spiro atoms. The topological polar surface area (TPSA) is 60.6 Å². The molecule has 2 aromatic rings. The summed E-state index contributed by atoms with van der Waals surface area (Å²) in [6.45, 7) is 4.49. The van der Waals surface area contributed by atoms with Crippen LogP contribution < -0.4 is 5.32 Å². The minimum Gasteiger partial charge on any atom is -0.314 e. The van der Waals surface area contributed by atoms with Crippen molar-refractivity contribution in [3.05, 3.63) is 30.1 Å². The zero-order valence-electron chi connectivity index (χ0n) is 10.3. The summed E-state index contributed by atoms with van der Waals surface area (Å²) in [5, 5.41) is 11.7. The van der Waals surface area contributed by atoms with Gasteiger partial charge >= 0.3 is 0 Å². The molecule has 6 nitrogen and oxygen atoms in total. The summed E-state index contributed by atoms with van der Waals surface area (Å²) < 4.78 is 3.82. The van der Waals surface area contributed by atoms with Crippen molar-refractivity contribution in [2.24, 2.45) is 0 Å². The number of aromatic nitrogens is 5. The molecule has 0 saturated heterocycles. The molecule has 0 bridgehead atoms. The molecule has 0 aromatic carbocycles. The molecular formula is C11H18N6. The van der Waals surface area contributed by atoms with Gasteiger partial charge in [-0.15, -0.1) is 0 Å². The molecule has 0 saturated carbocycles. The largest absolute Gasteiger partial charge is 0.314 e. The molecule has 92 valence electrons. The van der Waals surface area contributed by atoms with E-state index in [0.717, 1.165) is 31.0 Å². The Morgan fingerprint density at radius 2 is 2.29 bits per heavy atom. The molecule has 0 aliphatic rings. The highest BCUT2D eigenvalue weighted by Gasteiger charge is 2.05. The second-order valence-electron chi connectivity index (χ2n) is 3.93. The Hall–Kier alpha value is -1.69. The Balaban J connectivity index is 2.05. The van der Waals surface area contributed by atoms with Crippen LogP contribution in [0.2, 0.25) is 0 Å². The van der Waals surface area contributed by atoms with Crippen LogP contribution in [0.1, 0.15) is 24.9 Å². The average Bonchev–Trinajstić information content (AvgIpc) is 2.91. The van der Waals surface area contributed by atoms with E-state index in [0.29, 0.717) is 6.54 Å². The normalized spacial score (nSPS) is 10.9. The highest BCUT2D eigenvalue weighted by Crippen LogP contribution is 2.01. The quantitative estimate of drug-likeness (QED) is 0.797. The van der Waals surface area contributed by atoms with Gasteiger partial charge in [0.15, 0.2) is 0 Å². The molecular weight excluding hydrogens is 216 g/mol. The van der Waals surface area contributed by atoms with E-state index in [4.69, 9.17) is 0 Å². The van der Waals surface area contributed by atoms with Crippen molar-refractivity contribution in [2.45, 2.75) is 33.0 Å². The molecule has 0 atom stereocenters. The maximum absolute atomic E-state index is 4.45. The van der Waals surface area contributed by atoms with Crippen LogP contribution in [0, 0.1) is 0 Å². The molecule has 6 heteroatoms. The lowest BCUT2D eigenvalue weighted by molar-refractivity contribution is 0.536. The Bertz CT molecular complexity index is 458. The smallest absolute Gasteiger partial charge is 0.148 e. The van der Waals surface area contributed by atoms with Crippen molar-refractivity contribution < 1.29 is 0 Å². The third-order valence-corrected chi connectivity index (χ3v) is 2.49. The molecule has 2 aromatic heterocycles. The molecule has 2 heterocycles. The van der Waals surface area contributed by atoms with E-state index in [1.807, 2.05) is 28.7 Å². The van der Waals surface area contributed by atoms with Gasteiger partial charge in [-0.2, -0.15) is 10.2 Å². The maximum atomic E-state index is 4.45. The number of nitrogens with zero attached hydrogens (tertiary/aromatic N) is 5. The third-order valence-electron chi connectivity index (χ3n) is 2.49. The number of hydrogen-bond acceptors (Lipinski definition) is 4. The first-order chi connectivity index (χ1) is 8.33. The lowest BCUT2D eigenvalue weighted by Gasteiger charge is -2.04. The molecule has 0 fully saturated rings. The fraction of sp³-hybridized carbons (Fsp3) is 0.545. The fourth-order valence-electron chi connectivity index (χ4n) is 1.72. The summed E-state index contributed by atoms with van der Waals surface area (Å²) in [6, 6.07) is 2.01. The van der Waals surface area contributed by atoms with E-state index in [9.17, 15) is 0 Å². The lowest BCUT2D eigenvalue weighted by Crippen LogP contribution is -2.11. The Labute approximate surface area is 101 Å². The zero-order valence-corrected chi connectivity index (χ0v) is 10.3. The summed E-state index contributed by atoms with van der Waals surface area (Å²) in [6.07, 6.45) is 4.63. The summed E-state index contributed by atoms with van der Waals surface area (Å²) in [5.41, 5.74) is 1.04. The SMILES string of the molecule is CCCn1ncnc1Cn1ccc(CNC)n1. The highest BCUT2D eigenvalue weighted by molar-refractivity contribution is 4.99. The first-order valence-corrected chi connectivity index (χ1v) is 5.87. The van der Waals surface area contributed by atoms with Gasteiger partial charge in [-0.25, -0.2) is 9.67 Å². The molecule has 0 amide bonds. The number of aryl methyl sites for hydroxylation is 1. The molecule has 2 rings (SSSR count). The highest BCUT2D eigenvalue weighted by atomic mass is 15.4. The van der Waals surface area contributed by atoms with Gasteiger partial charge in [0, 0.05) is 19.3 Å². The van der Waals surface area contributed by atoms with E-state index in [2.05, 4.69) is 27.4 Å². The van der Waals surface area contributed by atoms with E-state index >= 15 is 0 Å². The summed E-state index contributed by atoms with van der Waals surface area (Å²) in [4.78, 5) is 4.26. The Morgan fingerprint density at radius 3 is 3.06 bits per heavy atom. The molecule has 0 aliphatic heterocycles. The van der Waals surface area contributed by atoms with Crippen molar-refractivity contribution in [3.8, 4) is 0 Å². The standard InChI is InChI=1S/C11H18N6/c1-3-5-17-11(13-9-14-17)8-16-6-4-10(15-16)7-12-2/h4,6,9,12H,3,5,7-8H2,1-2H3. The van der Waals surface area contributed by atoms with Crippen molar-refractivity contribution >= 4 is 0 Å². The Kier molecular flexibility index (Phi) is 3.87. The molecule has 0 aliphatic carbocycles. The third kappa shape index (κ3) is 2.91. The fourth-order valence-corrected chi connectivity index (χ4v) is 1.72. The van der Waals surface area contributed by atoms with E-state index < -0.39 is 0 Å². The van der Waals surface area contributed by atoms with Crippen LogP contribution in [0.3, 0.4) is 0 Å². The summed E-state index contributed by atoms with van der Waals surface area (Å²) >= 11 is 0.